The number of aromatic amines is 1. The fourth-order valence-electron chi connectivity index (χ4n) is 7.09. The Labute approximate surface area is 212 Å². The summed E-state index contributed by atoms with van der Waals surface area (Å²) < 4.78 is 7.81. The maximum Gasteiger partial charge on any atom is 0.253 e. The Bertz CT molecular complexity index is 1280. The van der Waals surface area contributed by atoms with Gasteiger partial charge in [0.15, 0.2) is 5.82 Å². The molecule has 36 heavy (non-hydrogen) atoms. The van der Waals surface area contributed by atoms with Crippen molar-refractivity contribution in [2.75, 3.05) is 19.7 Å². The van der Waals surface area contributed by atoms with E-state index in [1.165, 1.54) is 44.1 Å². The lowest BCUT2D eigenvalue weighted by Gasteiger charge is -2.47. The Kier molecular flexibility index (Phi) is 6.42. The molecule has 1 aromatic carbocycles. The molecule has 2 aromatic heterocycles. The monoisotopic (exact) mass is 490 g/mol. The van der Waals surface area contributed by atoms with Crippen molar-refractivity contribution in [3.8, 4) is 0 Å². The summed E-state index contributed by atoms with van der Waals surface area (Å²) in [5.74, 6) is 0.757. The van der Waals surface area contributed by atoms with Crippen molar-refractivity contribution in [2.24, 2.45) is 5.41 Å². The average molecular weight is 491 g/mol. The van der Waals surface area contributed by atoms with Crippen LogP contribution in [0, 0.1) is 19.3 Å². The van der Waals surface area contributed by atoms with Crippen molar-refractivity contribution >= 4 is 10.9 Å². The van der Waals surface area contributed by atoms with Gasteiger partial charge < -0.3 is 9.72 Å². The third-order valence-corrected chi connectivity index (χ3v) is 8.81. The zero-order valence-electron chi connectivity index (χ0n) is 21.6. The molecule has 1 spiro atoms. The molecule has 2 aliphatic heterocycles. The molecule has 6 rings (SSSR count). The summed E-state index contributed by atoms with van der Waals surface area (Å²) in [6, 6.07) is 6.05. The highest BCUT2D eigenvalue weighted by molar-refractivity contribution is 5.83. The number of aromatic nitrogens is 5. The van der Waals surface area contributed by atoms with Gasteiger partial charge in [-0.2, -0.15) is 0 Å². The number of fused-ring (bicyclic) bond motifs is 1. The van der Waals surface area contributed by atoms with Crippen LogP contribution in [0.25, 0.3) is 10.9 Å². The first-order valence-electron chi connectivity index (χ1n) is 13.8. The van der Waals surface area contributed by atoms with Crippen LogP contribution in [0.1, 0.15) is 86.3 Å². The van der Waals surface area contributed by atoms with E-state index in [4.69, 9.17) is 4.74 Å². The van der Waals surface area contributed by atoms with E-state index in [2.05, 4.69) is 57.5 Å². The first-order chi connectivity index (χ1) is 17.5. The Morgan fingerprint density at radius 2 is 1.94 bits per heavy atom. The largest absolute Gasteiger partial charge is 0.376 e. The van der Waals surface area contributed by atoms with E-state index in [-0.39, 0.29) is 17.7 Å². The predicted octanol–water partition coefficient (Wildman–Crippen LogP) is 4.45. The van der Waals surface area contributed by atoms with Gasteiger partial charge in [0.25, 0.3) is 5.56 Å². The Hall–Kier alpha value is -2.58. The number of benzene rings is 1. The molecule has 1 aliphatic carbocycles. The molecule has 0 radical (unpaired) electrons. The zero-order chi connectivity index (χ0) is 24.7. The minimum absolute atomic E-state index is 0.0487. The summed E-state index contributed by atoms with van der Waals surface area (Å²) in [5, 5.41) is 14.1. The van der Waals surface area contributed by atoms with Gasteiger partial charge in [-0.1, -0.05) is 25.3 Å². The molecule has 0 bridgehead atoms. The molecule has 1 saturated carbocycles. The van der Waals surface area contributed by atoms with Crippen LogP contribution < -0.4 is 5.56 Å². The van der Waals surface area contributed by atoms with Crippen LogP contribution in [0.2, 0.25) is 0 Å². The molecule has 4 heterocycles. The van der Waals surface area contributed by atoms with Gasteiger partial charge in [0.2, 0.25) is 0 Å². The minimum Gasteiger partial charge on any atom is -0.376 e. The molecular formula is C28H38N6O2. The molecule has 2 saturated heterocycles. The van der Waals surface area contributed by atoms with Gasteiger partial charge in [-0.15, -0.1) is 5.10 Å². The van der Waals surface area contributed by atoms with Crippen molar-refractivity contribution < 1.29 is 4.74 Å². The van der Waals surface area contributed by atoms with E-state index < -0.39 is 0 Å². The number of aryl methyl sites for hydroxylation is 2. The average Bonchev–Trinajstić information content (AvgIpc) is 3.53. The molecule has 8 nitrogen and oxygen atoms in total. The number of hydrogen-bond donors (Lipinski definition) is 1. The van der Waals surface area contributed by atoms with E-state index in [1.54, 1.807) is 0 Å². The third-order valence-electron chi connectivity index (χ3n) is 8.81. The highest BCUT2D eigenvalue weighted by Crippen LogP contribution is 2.45. The molecule has 3 aromatic rings. The van der Waals surface area contributed by atoms with Gasteiger partial charge in [0.05, 0.1) is 12.6 Å². The van der Waals surface area contributed by atoms with Gasteiger partial charge >= 0.3 is 0 Å². The highest BCUT2D eigenvalue weighted by Gasteiger charge is 2.41. The highest BCUT2D eigenvalue weighted by atomic mass is 16.5. The maximum atomic E-state index is 13.7. The van der Waals surface area contributed by atoms with Crippen LogP contribution in [0.5, 0.6) is 0 Å². The Morgan fingerprint density at radius 1 is 1.11 bits per heavy atom. The molecule has 0 amide bonds. The smallest absolute Gasteiger partial charge is 0.253 e. The quantitative estimate of drug-likeness (QED) is 0.569. The molecule has 3 fully saturated rings. The molecule has 0 unspecified atom stereocenters. The zero-order valence-corrected chi connectivity index (χ0v) is 21.6. The second-order valence-corrected chi connectivity index (χ2v) is 11.5. The van der Waals surface area contributed by atoms with Crippen LogP contribution in [0.3, 0.4) is 0 Å². The molecule has 2 atom stereocenters. The third kappa shape index (κ3) is 4.50. The Morgan fingerprint density at radius 3 is 2.75 bits per heavy atom. The van der Waals surface area contributed by atoms with Crippen molar-refractivity contribution in [1.82, 2.24) is 30.1 Å². The lowest BCUT2D eigenvalue weighted by molar-refractivity contribution is 0.0326. The first-order valence-corrected chi connectivity index (χ1v) is 13.8. The summed E-state index contributed by atoms with van der Waals surface area (Å²) in [4.78, 5) is 19.4. The van der Waals surface area contributed by atoms with Crippen LogP contribution in [0.15, 0.2) is 23.0 Å². The predicted molar refractivity (Wildman–Crippen MR) is 139 cm³/mol. The number of pyridine rings is 1. The number of nitrogens with zero attached hydrogens (tertiary/aromatic N) is 5. The van der Waals surface area contributed by atoms with Gasteiger partial charge in [0.1, 0.15) is 6.04 Å². The van der Waals surface area contributed by atoms with Crippen molar-refractivity contribution in [3.63, 3.8) is 0 Å². The van der Waals surface area contributed by atoms with Crippen molar-refractivity contribution in [2.45, 2.75) is 90.3 Å². The second-order valence-electron chi connectivity index (χ2n) is 11.5. The summed E-state index contributed by atoms with van der Waals surface area (Å²) in [7, 11) is 0. The minimum atomic E-state index is -0.283. The number of nitrogens with one attached hydrogen (secondary N) is 1. The fraction of sp³-hybridized carbons (Fsp3) is 0.643. The molecule has 192 valence electrons. The topological polar surface area (TPSA) is 88.9 Å². The second kappa shape index (κ2) is 9.71. The fourth-order valence-corrected chi connectivity index (χ4v) is 7.09. The molecule has 1 N–H and O–H groups in total. The number of likely N-dealkylation sites (tertiary alicyclic amines) is 1. The van der Waals surface area contributed by atoms with Gasteiger partial charge in [0, 0.05) is 29.6 Å². The number of piperidine rings is 1. The summed E-state index contributed by atoms with van der Waals surface area (Å²) in [5.41, 5.74) is 4.25. The van der Waals surface area contributed by atoms with Crippen LogP contribution >= 0.6 is 0 Å². The number of hydrogen-bond acceptors (Lipinski definition) is 6. The summed E-state index contributed by atoms with van der Waals surface area (Å²) >= 11 is 0. The van der Waals surface area contributed by atoms with E-state index in [0.29, 0.717) is 12.0 Å². The summed E-state index contributed by atoms with van der Waals surface area (Å²) in [6.07, 6.45) is 11.2. The SMILES string of the molecule is Cc1cc(C)c2cc([C@@H](c3nnnn3C[C@H]3CCCO3)N3CCCC4(CCCCC4)C3)c(=O)[nH]c2c1. The molecular weight excluding hydrogens is 452 g/mol. The van der Waals surface area contributed by atoms with Gasteiger partial charge in [-0.05, 0) is 98.0 Å². The Balaban J connectivity index is 1.45. The number of H-pyrrole nitrogens is 1. The lowest BCUT2D eigenvalue weighted by Crippen LogP contribution is -2.47. The number of ether oxygens (including phenoxy) is 1. The van der Waals surface area contributed by atoms with E-state index >= 15 is 0 Å². The standard InChI is InChI=1S/C28H38N6O2/c1-19-14-20(2)22-16-23(27(35)29-24(22)15-19)25(26-30-31-32-34(26)17-21-8-6-13-36-21)33-12-7-11-28(18-33)9-4-3-5-10-28/h14-16,21,25H,3-13,17-18H2,1-2H3,(H,29,35)/t21-,25+/m1/s1. The van der Waals surface area contributed by atoms with Gasteiger partial charge in [-0.3, -0.25) is 9.69 Å². The van der Waals surface area contributed by atoms with Crippen molar-refractivity contribution in [3.05, 3.63) is 51.1 Å². The van der Waals surface area contributed by atoms with E-state index in [0.717, 1.165) is 66.8 Å². The lowest BCUT2D eigenvalue weighted by atomic mass is 9.69. The molecule has 8 heteroatoms. The van der Waals surface area contributed by atoms with E-state index in [1.807, 2.05) is 4.68 Å². The molecule has 3 aliphatic rings. The maximum absolute atomic E-state index is 13.7. The number of tetrazole rings is 1. The van der Waals surface area contributed by atoms with Crippen molar-refractivity contribution in [1.29, 1.82) is 0 Å². The van der Waals surface area contributed by atoms with Crippen LogP contribution in [-0.4, -0.2) is 55.9 Å². The van der Waals surface area contributed by atoms with Crippen LogP contribution in [-0.2, 0) is 11.3 Å². The first kappa shape index (κ1) is 23.8. The normalized spacial score (nSPS) is 23.4. The van der Waals surface area contributed by atoms with E-state index in [9.17, 15) is 4.79 Å². The van der Waals surface area contributed by atoms with Gasteiger partial charge in [-0.25, -0.2) is 4.68 Å². The summed E-state index contributed by atoms with van der Waals surface area (Å²) in [6.45, 7) is 7.55. The number of rotatable bonds is 5. The van der Waals surface area contributed by atoms with Crippen LogP contribution in [0.4, 0.5) is 0 Å².